The molecule has 3 aromatic rings. The zero-order chi connectivity index (χ0) is 42.4. The molecule has 18 heteroatoms. The maximum absolute atomic E-state index is 13.9. The number of fused-ring (bicyclic) bond motifs is 1. The summed E-state index contributed by atoms with van der Waals surface area (Å²) in [7, 11) is -6.30. The van der Waals surface area contributed by atoms with Gasteiger partial charge >= 0.3 is 19.7 Å². The van der Waals surface area contributed by atoms with Gasteiger partial charge in [0.15, 0.2) is 12.9 Å². The summed E-state index contributed by atoms with van der Waals surface area (Å²) < 4.78 is 80.8. The van der Waals surface area contributed by atoms with E-state index in [1.807, 2.05) is 38.1 Å². The molecule has 2 heterocycles. The highest BCUT2D eigenvalue weighted by Gasteiger charge is 2.44. The number of amides is 1. The van der Waals surface area contributed by atoms with Crippen LogP contribution in [0.1, 0.15) is 38.3 Å². The number of alkyl carbamates (subject to hydrolysis) is 1. The first-order chi connectivity index (χ1) is 28.3. The van der Waals surface area contributed by atoms with E-state index in [1.54, 1.807) is 49.4 Å². The number of sulfonamides is 1. The molecule has 6 atom stereocenters. The van der Waals surface area contributed by atoms with Gasteiger partial charge in [0.05, 0.1) is 56.1 Å². The number of carbonyl (C=O) groups is 2. The van der Waals surface area contributed by atoms with Crippen molar-refractivity contribution >= 4 is 29.7 Å². The Labute approximate surface area is 346 Å². The van der Waals surface area contributed by atoms with Crippen molar-refractivity contribution in [2.45, 2.75) is 69.6 Å². The van der Waals surface area contributed by atoms with Gasteiger partial charge in [-0.25, -0.2) is 22.6 Å². The lowest BCUT2D eigenvalue weighted by Crippen LogP contribution is -2.51. The molecule has 1 unspecified atom stereocenters. The lowest BCUT2D eigenvalue weighted by Gasteiger charge is -2.31. The van der Waals surface area contributed by atoms with Crippen molar-refractivity contribution in [1.29, 1.82) is 0 Å². The van der Waals surface area contributed by atoms with E-state index in [9.17, 15) is 27.7 Å². The molecule has 3 aromatic carbocycles. The van der Waals surface area contributed by atoms with Crippen molar-refractivity contribution in [2.24, 2.45) is 11.8 Å². The summed E-state index contributed by atoms with van der Waals surface area (Å²) in [5.74, 6) is 0.0342. The molecule has 0 aromatic heterocycles. The number of benzene rings is 3. The Bertz CT molecular complexity index is 1940. The highest BCUT2D eigenvalue weighted by Crippen LogP contribution is 2.47. The maximum Gasteiger partial charge on any atom is 0.407 e. The van der Waals surface area contributed by atoms with Gasteiger partial charge in [-0.15, -0.1) is 0 Å². The molecule has 2 fully saturated rings. The Morgan fingerprint density at radius 1 is 0.966 bits per heavy atom. The first-order valence-electron chi connectivity index (χ1n) is 19.7. The minimum atomic E-state index is -4.05. The van der Waals surface area contributed by atoms with E-state index >= 15 is 0 Å². The maximum atomic E-state index is 13.9. The van der Waals surface area contributed by atoms with Gasteiger partial charge in [0.25, 0.3) is 0 Å². The monoisotopic (exact) mass is 861 g/mol. The summed E-state index contributed by atoms with van der Waals surface area (Å²) in [4.78, 5) is 25.3. The van der Waals surface area contributed by atoms with Crippen LogP contribution < -0.4 is 19.9 Å². The summed E-state index contributed by atoms with van der Waals surface area (Å²) in [5, 5.41) is 17.8. The number of hydrogen-bond donors (Lipinski definition) is 3. The highest BCUT2D eigenvalue weighted by molar-refractivity contribution is 7.89. The molecule has 0 radical (unpaired) electrons. The summed E-state index contributed by atoms with van der Waals surface area (Å²) in [6.45, 7) is 6.23. The Hall–Kier alpha value is -4.06. The van der Waals surface area contributed by atoms with E-state index in [-0.39, 0.29) is 62.2 Å². The molecular formula is C41H56N3O13PS. The average Bonchev–Trinajstić information content (AvgIpc) is 3.84. The number of esters is 1. The molecule has 0 spiro atoms. The molecule has 2 aliphatic heterocycles. The molecular weight excluding hydrogens is 805 g/mol. The molecule has 0 saturated carbocycles. The SMILES string of the molecule is CCOC(=O)COP(=O)(CCNCc1ccc(C[C@H](NC(=O)O[C@H]2CO[C@H]3OCC[C@H]32)[C@H](O)CN(CC(C)C)S(=O)(=O)c2ccc(OC)cc2)cc1)Oc1ccccc1. The Morgan fingerprint density at radius 3 is 2.36 bits per heavy atom. The molecule has 324 valence electrons. The van der Waals surface area contributed by atoms with E-state index in [4.69, 9.17) is 32.7 Å². The number of aliphatic hydroxyl groups excluding tert-OH is 1. The number of ether oxygens (including phenoxy) is 5. The predicted octanol–water partition coefficient (Wildman–Crippen LogP) is 4.74. The van der Waals surface area contributed by atoms with E-state index in [1.165, 1.54) is 23.5 Å². The molecule has 1 amide bonds. The van der Waals surface area contributed by atoms with Gasteiger partial charge in [-0.05, 0) is 73.2 Å². The minimum Gasteiger partial charge on any atom is -0.497 e. The van der Waals surface area contributed by atoms with Gasteiger partial charge in [0.1, 0.15) is 17.6 Å². The largest absolute Gasteiger partial charge is 0.497 e. The zero-order valence-corrected chi connectivity index (χ0v) is 35.6. The normalized spacial score (nSPS) is 19.7. The number of carbonyl (C=O) groups excluding carboxylic acids is 2. The number of nitrogens with one attached hydrogen (secondary N) is 2. The van der Waals surface area contributed by atoms with Gasteiger partial charge in [-0.2, -0.15) is 4.31 Å². The number of para-hydroxylation sites is 1. The van der Waals surface area contributed by atoms with Crippen LogP contribution in [0.25, 0.3) is 0 Å². The van der Waals surface area contributed by atoms with Crippen LogP contribution in [0.5, 0.6) is 11.5 Å². The first-order valence-corrected chi connectivity index (χ1v) is 22.9. The lowest BCUT2D eigenvalue weighted by molar-refractivity contribution is -0.145. The second-order valence-corrected chi connectivity index (χ2v) is 18.7. The molecule has 16 nitrogen and oxygen atoms in total. The fraction of sp³-hybridized carbons (Fsp3) is 0.512. The smallest absolute Gasteiger partial charge is 0.407 e. The molecule has 2 saturated heterocycles. The van der Waals surface area contributed by atoms with Crippen molar-refractivity contribution in [3.05, 3.63) is 90.0 Å². The summed E-state index contributed by atoms with van der Waals surface area (Å²) in [5.41, 5.74) is 1.64. The predicted molar refractivity (Wildman–Crippen MR) is 218 cm³/mol. The van der Waals surface area contributed by atoms with Crippen molar-refractivity contribution in [2.75, 3.05) is 59.3 Å². The van der Waals surface area contributed by atoms with Gasteiger partial charge in [0, 0.05) is 26.2 Å². The van der Waals surface area contributed by atoms with Crippen LogP contribution in [0.2, 0.25) is 0 Å². The number of aliphatic hydroxyl groups is 1. The van der Waals surface area contributed by atoms with Crippen LogP contribution >= 0.6 is 7.60 Å². The van der Waals surface area contributed by atoms with E-state index in [2.05, 4.69) is 10.6 Å². The Balaban J connectivity index is 1.24. The standard InChI is InChI=1S/C41H56N3O13PS/c1-5-52-39(46)28-55-58(48,57-33-9-7-6-8-10-33)22-20-42-24-31-13-11-30(12-14-31)23-36(43-41(47)56-38-27-54-40-35(38)19-21-53-40)37(45)26-44(25-29(2)3)59(49,50)34-17-15-32(51-4)16-18-34/h6-18,29,35-38,40,42,45H,5,19-28H2,1-4H3,(H,43,47)/t35-,36-,37+,38-,40+,58?/m0/s1. The van der Waals surface area contributed by atoms with Crippen LogP contribution in [0.15, 0.2) is 83.8 Å². The van der Waals surface area contributed by atoms with E-state index in [0.29, 0.717) is 31.1 Å². The Morgan fingerprint density at radius 2 is 1.68 bits per heavy atom. The quantitative estimate of drug-likeness (QED) is 0.0672. The second kappa shape index (κ2) is 22.0. The first kappa shape index (κ1) is 46.0. The number of methoxy groups -OCH3 is 1. The van der Waals surface area contributed by atoms with Crippen molar-refractivity contribution in [3.63, 3.8) is 0 Å². The van der Waals surface area contributed by atoms with Crippen LogP contribution in [0.4, 0.5) is 4.79 Å². The highest BCUT2D eigenvalue weighted by atomic mass is 32.2. The molecule has 0 aliphatic carbocycles. The van der Waals surface area contributed by atoms with E-state index < -0.39 is 60.8 Å². The lowest BCUT2D eigenvalue weighted by atomic mass is 10.00. The summed E-state index contributed by atoms with van der Waals surface area (Å²) in [6.07, 6.45) is -2.23. The van der Waals surface area contributed by atoms with Gasteiger partial charge in [-0.3, -0.25) is 4.52 Å². The molecule has 2 aliphatic rings. The van der Waals surface area contributed by atoms with Gasteiger partial charge in [0.2, 0.25) is 10.0 Å². The summed E-state index contributed by atoms with van der Waals surface area (Å²) >= 11 is 0. The van der Waals surface area contributed by atoms with Crippen LogP contribution in [-0.4, -0.2) is 114 Å². The summed E-state index contributed by atoms with van der Waals surface area (Å²) in [6, 6.07) is 21.1. The second-order valence-electron chi connectivity index (χ2n) is 14.7. The zero-order valence-electron chi connectivity index (χ0n) is 33.9. The van der Waals surface area contributed by atoms with Crippen LogP contribution in [0, 0.1) is 11.8 Å². The number of rotatable bonds is 23. The third-order valence-corrected chi connectivity index (χ3v) is 13.3. The number of nitrogens with zero attached hydrogens (tertiary/aromatic N) is 1. The number of hydrogen-bond acceptors (Lipinski definition) is 14. The average molecular weight is 862 g/mol. The molecule has 3 N–H and O–H groups in total. The van der Waals surface area contributed by atoms with E-state index in [0.717, 1.165) is 11.1 Å². The van der Waals surface area contributed by atoms with Crippen LogP contribution in [0.3, 0.4) is 0 Å². The molecule has 0 bridgehead atoms. The third-order valence-electron chi connectivity index (χ3n) is 9.71. The minimum absolute atomic E-state index is 0.0237. The fourth-order valence-electron chi connectivity index (χ4n) is 6.69. The molecule has 5 rings (SSSR count). The van der Waals surface area contributed by atoms with Crippen molar-refractivity contribution in [1.82, 2.24) is 14.9 Å². The fourth-order valence-corrected chi connectivity index (χ4v) is 9.76. The van der Waals surface area contributed by atoms with Crippen molar-refractivity contribution < 1.29 is 60.4 Å². The molecule has 59 heavy (non-hydrogen) atoms. The van der Waals surface area contributed by atoms with Gasteiger partial charge < -0.3 is 43.9 Å². The topological polar surface area (TPSA) is 197 Å². The third kappa shape index (κ3) is 13.7. The Kier molecular flexibility index (Phi) is 17.1. The van der Waals surface area contributed by atoms with Crippen molar-refractivity contribution in [3.8, 4) is 11.5 Å². The van der Waals surface area contributed by atoms with Crippen LogP contribution in [-0.2, 0) is 55.8 Å². The van der Waals surface area contributed by atoms with Gasteiger partial charge in [-0.1, -0.05) is 56.3 Å².